The van der Waals surface area contributed by atoms with Crippen molar-refractivity contribution in [3.63, 3.8) is 0 Å². The Hall–Kier alpha value is -0.110. The van der Waals surface area contributed by atoms with E-state index in [0.29, 0.717) is 0 Å². The molecule has 0 N–H and O–H groups in total. The van der Waals surface area contributed by atoms with Crippen LogP contribution in [0.3, 0.4) is 0 Å². The van der Waals surface area contributed by atoms with Crippen LogP contribution in [0, 0.1) is 0 Å². The molecule has 0 aliphatic carbocycles. The molecule has 1 heterocycles. The van der Waals surface area contributed by atoms with E-state index in [0.717, 1.165) is 13.1 Å². The summed E-state index contributed by atoms with van der Waals surface area (Å²) >= 11 is 0. The Morgan fingerprint density at radius 1 is 1.71 bits per heavy atom. The van der Waals surface area contributed by atoms with Gasteiger partial charge >= 0.3 is 0 Å². The molecule has 4 heteroatoms. The van der Waals surface area contributed by atoms with E-state index in [1.165, 1.54) is 0 Å². The first-order valence-electron chi connectivity index (χ1n) is 2.00. The zero-order chi connectivity index (χ0) is 5.28. The highest BCUT2D eigenvalue weighted by Gasteiger charge is 2.18. The molecule has 1 fully saturated rings. The monoisotopic (exact) mass is 119 g/mol. The lowest BCUT2D eigenvalue weighted by Crippen LogP contribution is -1.84. The van der Waals surface area contributed by atoms with Gasteiger partial charge < -0.3 is 0 Å². The number of hydroxylamine groups is 2. The lowest BCUT2D eigenvalue weighted by atomic mass is 11.0. The molecule has 1 rings (SSSR count). The van der Waals surface area contributed by atoms with Crippen LogP contribution >= 0.6 is 7.65 Å². The fourth-order valence-corrected chi connectivity index (χ4v) is 0.672. The summed E-state index contributed by atoms with van der Waals surface area (Å²) in [5.41, 5.74) is 0. The van der Waals surface area contributed by atoms with Gasteiger partial charge in [0.15, 0.2) is 0 Å². The minimum atomic E-state index is -1.65. The molecule has 0 aromatic carbocycles. The molecule has 0 bridgehead atoms. The van der Waals surface area contributed by atoms with Crippen LogP contribution in [0.5, 0.6) is 0 Å². The summed E-state index contributed by atoms with van der Waals surface area (Å²) < 4.78 is 14.7. The summed E-state index contributed by atoms with van der Waals surface area (Å²) in [6, 6.07) is 0. The first-order chi connectivity index (χ1) is 3.29. The molecule has 0 aromatic rings. The maximum Gasteiger partial charge on any atom is 0.249 e. The lowest BCUT2D eigenvalue weighted by Gasteiger charge is -1.86. The Labute approximate surface area is 42.3 Å². The number of rotatable bonds is 2. The number of hydrogen-bond acceptors (Lipinski definition) is 3. The van der Waals surface area contributed by atoms with Gasteiger partial charge in [0.1, 0.15) is 0 Å². The van der Waals surface area contributed by atoms with E-state index < -0.39 is 7.65 Å². The molecule has 1 unspecified atom stereocenters. The molecule has 0 amide bonds. The third kappa shape index (κ3) is 1.88. The van der Waals surface area contributed by atoms with E-state index >= 15 is 0 Å². The van der Waals surface area contributed by atoms with Gasteiger partial charge in [-0.25, -0.2) is 9.19 Å². The van der Waals surface area contributed by atoms with Crippen molar-refractivity contribution in [3.05, 3.63) is 0 Å². The maximum atomic E-state index is 10.1. The smallest absolute Gasteiger partial charge is 0.249 e. The Kier molecular flexibility index (Phi) is 1.28. The van der Waals surface area contributed by atoms with Crippen molar-refractivity contribution < 1.29 is 9.19 Å². The van der Waals surface area contributed by atoms with E-state index in [4.69, 9.17) is 0 Å². The van der Waals surface area contributed by atoms with Crippen molar-refractivity contribution in [1.29, 1.82) is 0 Å². The predicted molar refractivity (Wildman–Crippen MR) is 27.4 cm³/mol. The fourth-order valence-electron chi connectivity index (χ4n) is 0.251. The molecule has 0 saturated carbocycles. The molecular weight excluding hydrogens is 113 g/mol. The standard InChI is InChI=1S/C3H6NO2P/c1-7(5)6-4-2-3-4/h1-3H2. The Bertz CT molecular complexity index is 119. The van der Waals surface area contributed by atoms with Gasteiger partial charge in [0.05, 0.1) is 0 Å². The molecule has 0 aromatic heterocycles. The molecule has 7 heavy (non-hydrogen) atoms. The van der Waals surface area contributed by atoms with Gasteiger partial charge in [-0.3, -0.25) is 0 Å². The fraction of sp³-hybridized carbons (Fsp3) is 0.667. The van der Waals surface area contributed by atoms with Crippen LogP contribution in [0.15, 0.2) is 0 Å². The minimum absolute atomic E-state index is 0.899. The molecule has 1 atom stereocenters. The first kappa shape index (κ1) is 5.04. The van der Waals surface area contributed by atoms with Gasteiger partial charge in [-0.2, -0.15) is 5.06 Å². The van der Waals surface area contributed by atoms with Crippen LogP contribution in [-0.4, -0.2) is 24.5 Å². The van der Waals surface area contributed by atoms with Gasteiger partial charge in [-0.05, 0) is 6.30 Å². The highest BCUT2D eigenvalue weighted by atomic mass is 31.1. The third-order valence-electron chi connectivity index (χ3n) is 0.613. The predicted octanol–water partition coefficient (Wildman–Crippen LogP) is 0.408. The van der Waals surface area contributed by atoms with E-state index in [2.05, 4.69) is 10.9 Å². The Balaban J connectivity index is 2.21. The van der Waals surface area contributed by atoms with Crippen LogP contribution in [0.1, 0.15) is 0 Å². The second-order valence-corrected chi connectivity index (χ2v) is 2.17. The molecule has 1 aliphatic heterocycles. The second kappa shape index (κ2) is 1.78. The highest BCUT2D eigenvalue weighted by Crippen LogP contribution is 2.14. The van der Waals surface area contributed by atoms with Crippen LogP contribution in [-0.2, 0) is 9.19 Å². The van der Waals surface area contributed by atoms with Gasteiger partial charge in [0.25, 0.3) is 0 Å². The summed E-state index contributed by atoms with van der Waals surface area (Å²) in [5, 5.41) is 1.60. The molecule has 0 radical (unpaired) electrons. The van der Waals surface area contributed by atoms with Crippen molar-refractivity contribution in [2.75, 3.05) is 13.1 Å². The van der Waals surface area contributed by atoms with Crippen molar-refractivity contribution in [2.45, 2.75) is 0 Å². The quantitative estimate of drug-likeness (QED) is 0.389. The molecule has 1 saturated heterocycles. The van der Waals surface area contributed by atoms with Crippen LogP contribution in [0.25, 0.3) is 0 Å². The largest absolute Gasteiger partial charge is 0.250 e. The van der Waals surface area contributed by atoms with E-state index in [1.54, 1.807) is 5.06 Å². The first-order valence-corrected chi connectivity index (χ1v) is 3.36. The summed E-state index contributed by atoms with van der Waals surface area (Å²) in [6.07, 6.45) is 3.16. The SMILES string of the molecule is C=P(=O)ON1CC1. The molecule has 3 nitrogen and oxygen atoms in total. The van der Waals surface area contributed by atoms with E-state index in [9.17, 15) is 4.57 Å². The van der Waals surface area contributed by atoms with E-state index in [1.807, 2.05) is 0 Å². The van der Waals surface area contributed by atoms with Crippen molar-refractivity contribution in [3.8, 4) is 0 Å². The molecular formula is C3H6NO2P. The summed E-state index contributed by atoms with van der Waals surface area (Å²) in [5.74, 6) is 0. The van der Waals surface area contributed by atoms with Gasteiger partial charge in [-0.1, -0.05) is 0 Å². The van der Waals surface area contributed by atoms with Crippen molar-refractivity contribution in [1.82, 2.24) is 5.06 Å². The van der Waals surface area contributed by atoms with Gasteiger partial charge in [0.2, 0.25) is 7.65 Å². The van der Waals surface area contributed by atoms with E-state index in [-0.39, 0.29) is 0 Å². The van der Waals surface area contributed by atoms with Crippen LogP contribution < -0.4 is 0 Å². The zero-order valence-electron chi connectivity index (χ0n) is 3.83. The van der Waals surface area contributed by atoms with Crippen molar-refractivity contribution >= 4 is 14.0 Å². The second-order valence-electron chi connectivity index (χ2n) is 1.34. The Morgan fingerprint density at radius 3 is 2.43 bits per heavy atom. The molecule has 1 aliphatic rings. The minimum Gasteiger partial charge on any atom is -0.250 e. The lowest BCUT2D eigenvalue weighted by molar-refractivity contribution is 0.0875. The average molecular weight is 119 g/mol. The Morgan fingerprint density at radius 2 is 2.29 bits per heavy atom. The molecule has 0 spiro atoms. The van der Waals surface area contributed by atoms with Crippen molar-refractivity contribution in [2.24, 2.45) is 0 Å². The summed E-state index contributed by atoms with van der Waals surface area (Å²) in [7, 11) is -1.65. The topological polar surface area (TPSA) is 29.3 Å². The van der Waals surface area contributed by atoms with Crippen LogP contribution in [0.2, 0.25) is 0 Å². The van der Waals surface area contributed by atoms with Gasteiger partial charge in [-0.15, -0.1) is 0 Å². The summed E-state index contributed by atoms with van der Waals surface area (Å²) in [4.78, 5) is 0. The van der Waals surface area contributed by atoms with Crippen LogP contribution in [0.4, 0.5) is 0 Å². The summed E-state index contributed by atoms with van der Waals surface area (Å²) in [6.45, 7) is 1.80. The number of nitrogens with zero attached hydrogens (tertiary/aromatic N) is 1. The third-order valence-corrected chi connectivity index (χ3v) is 1.03. The highest BCUT2D eigenvalue weighted by molar-refractivity contribution is 7.37. The molecule has 40 valence electrons. The maximum absolute atomic E-state index is 10.1. The average Bonchev–Trinajstić information content (AvgIpc) is 2.17. The number of hydrogen-bond donors (Lipinski definition) is 0. The normalized spacial score (nSPS) is 22.0. The van der Waals surface area contributed by atoms with Gasteiger partial charge in [0, 0.05) is 13.1 Å². The zero-order valence-corrected chi connectivity index (χ0v) is 4.73.